The molecule has 0 amide bonds. The van der Waals surface area contributed by atoms with E-state index in [4.69, 9.17) is 5.11 Å². The van der Waals surface area contributed by atoms with Crippen LogP contribution in [-0.2, 0) is 0 Å². The van der Waals surface area contributed by atoms with Crippen molar-refractivity contribution in [1.82, 2.24) is 9.97 Å². The van der Waals surface area contributed by atoms with Gasteiger partial charge >= 0.3 is 5.97 Å². The molecule has 3 rings (SSSR count). The number of aromatic nitrogens is 2. The van der Waals surface area contributed by atoms with Gasteiger partial charge in [0.25, 0.3) is 0 Å². The molecule has 0 aliphatic carbocycles. The van der Waals surface area contributed by atoms with E-state index in [-0.39, 0.29) is 5.56 Å². The molecule has 3 aromatic rings. The van der Waals surface area contributed by atoms with Gasteiger partial charge < -0.3 is 10.1 Å². The number of hydrogen-bond acceptors (Lipinski definition) is 2. The summed E-state index contributed by atoms with van der Waals surface area (Å²) in [5, 5.41) is 10.00. The molecular weight excluding hydrogens is 228 g/mol. The van der Waals surface area contributed by atoms with E-state index < -0.39 is 5.97 Å². The first-order chi connectivity index (χ1) is 8.75. The molecule has 2 heterocycles. The van der Waals surface area contributed by atoms with Crippen LogP contribution in [0.2, 0.25) is 0 Å². The zero-order chi connectivity index (χ0) is 12.5. The minimum absolute atomic E-state index is 0.285. The third kappa shape index (κ3) is 1.64. The summed E-state index contributed by atoms with van der Waals surface area (Å²) < 4.78 is 0. The highest BCUT2D eigenvalue weighted by molar-refractivity contribution is 5.95. The Labute approximate surface area is 103 Å². The highest BCUT2D eigenvalue weighted by Crippen LogP contribution is 2.27. The van der Waals surface area contributed by atoms with Crippen LogP contribution in [0.4, 0.5) is 0 Å². The zero-order valence-electron chi connectivity index (χ0n) is 9.42. The Balaban J connectivity index is 2.23. The number of H-pyrrole nitrogens is 1. The van der Waals surface area contributed by atoms with Crippen LogP contribution in [-0.4, -0.2) is 21.0 Å². The van der Waals surface area contributed by atoms with Crippen molar-refractivity contribution in [2.24, 2.45) is 0 Å². The van der Waals surface area contributed by atoms with Crippen LogP contribution in [0.3, 0.4) is 0 Å². The van der Waals surface area contributed by atoms with Gasteiger partial charge in [0.15, 0.2) is 0 Å². The van der Waals surface area contributed by atoms with Crippen LogP contribution < -0.4 is 0 Å². The number of fused-ring (bicyclic) bond motifs is 1. The second-order valence-corrected chi connectivity index (χ2v) is 3.98. The number of carboxylic acids is 1. The first-order valence-corrected chi connectivity index (χ1v) is 5.51. The highest BCUT2D eigenvalue weighted by atomic mass is 16.4. The van der Waals surface area contributed by atoms with E-state index in [9.17, 15) is 4.79 Å². The van der Waals surface area contributed by atoms with Crippen LogP contribution in [0.15, 0.2) is 48.8 Å². The van der Waals surface area contributed by atoms with Gasteiger partial charge in [-0.1, -0.05) is 12.1 Å². The molecular formula is C14H10N2O2. The summed E-state index contributed by atoms with van der Waals surface area (Å²) in [7, 11) is 0. The first kappa shape index (κ1) is 10.5. The Hall–Kier alpha value is -2.62. The molecule has 0 radical (unpaired) electrons. The quantitative estimate of drug-likeness (QED) is 0.721. The number of nitrogens with one attached hydrogen (secondary N) is 1. The van der Waals surface area contributed by atoms with Crippen LogP contribution in [0.25, 0.3) is 22.2 Å². The van der Waals surface area contributed by atoms with E-state index in [1.807, 2.05) is 24.4 Å². The molecule has 4 nitrogen and oxygen atoms in total. The van der Waals surface area contributed by atoms with Crippen molar-refractivity contribution in [1.29, 1.82) is 0 Å². The zero-order valence-corrected chi connectivity index (χ0v) is 9.42. The smallest absolute Gasteiger partial charge is 0.335 e. The summed E-state index contributed by atoms with van der Waals surface area (Å²) in [6.45, 7) is 0. The lowest BCUT2D eigenvalue weighted by atomic mass is 10.0. The highest BCUT2D eigenvalue weighted by Gasteiger charge is 2.08. The second kappa shape index (κ2) is 4.00. The van der Waals surface area contributed by atoms with Gasteiger partial charge in [-0.15, -0.1) is 0 Å². The van der Waals surface area contributed by atoms with Crippen molar-refractivity contribution < 1.29 is 9.90 Å². The number of pyridine rings is 1. The number of rotatable bonds is 2. The van der Waals surface area contributed by atoms with E-state index in [2.05, 4.69) is 9.97 Å². The number of benzene rings is 1. The van der Waals surface area contributed by atoms with Crippen molar-refractivity contribution in [2.45, 2.75) is 0 Å². The van der Waals surface area contributed by atoms with Crippen LogP contribution >= 0.6 is 0 Å². The van der Waals surface area contributed by atoms with Gasteiger partial charge in [-0.3, -0.25) is 0 Å². The molecule has 2 N–H and O–H groups in total. The van der Waals surface area contributed by atoms with E-state index in [0.29, 0.717) is 0 Å². The van der Waals surface area contributed by atoms with E-state index >= 15 is 0 Å². The topological polar surface area (TPSA) is 66.0 Å². The molecule has 0 fully saturated rings. The van der Waals surface area contributed by atoms with E-state index in [0.717, 1.165) is 22.2 Å². The Morgan fingerprint density at radius 2 is 2.11 bits per heavy atom. The first-order valence-electron chi connectivity index (χ1n) is 5.51. The standard InChI is InChI=1S/C14H10N2O2/c17-14(18)10-3-1-2-9(8-10)11-4-6-15-13-12(11)5-7-16-13/h1-8H,(H,15,16)(H,17,18). The molecule has 2 aromatic heterocycles. The van der Waals surface area contributed by atoms with Crippen molar-refractivity contribution in [3.63, 3.8) is 0 Å². The number of nitrogens with zero attached hydrogens (tertiary/aromatic N) is 1. The fourth-order valence-corrected chi connectivity index (χ4v) is 2.03. The molecule has 1 aromatic carbocycles. The normalized spacial score (nSPS) is 10.7. The average Bonchev–Trinajstić information content (AvgIpc) is 2.87. The number of carbonyl (C=O) groups is 1. The SMILES string of the molecule is O=C(O)c1cccc(-c2ccnc3[nH]ccc23)c1. The summed E-state index contributed by atoms with van der Waals surface area (Å²) in [5.74, 6) is -0.920. The number of carboxylic acid groups (broad SMARTS) is 1. The summed E-state index contributed by atoms with van der Waals surface area (Å²) in [5.41, 5.74) is 2.94. The van der Waals surface area contributed by atoms with Gasteiger partial charge in [-0.2, -0.15) is 0 Å². The Morgan fingerprint density at radius 3 is 2.94 bits per heavy atom. The maximum absolute atomic E-state index is 11.0. The third-order valence-electron chi connectivity index (χ3n) is 2.88. The van der Waals surface area contributed by atoms with Crippen molar-refractivity contribution in [3.05, 3.63) is 54.4 Å². The largest absolute Gasteiger partial charge is 0.478 e. The summed E-state index contributed by atoms with van der Waals surface area (Å²) >= 11 is 0. The molecule has 0 aliphatic rings. The van der Waals surface area contributed by atoms with Crippen molar-refractivity contribution in [2.75, 3.05) is 0 Å². The Kier molecular flexibility index (Phi) is 2.34. The third-order valence-corrected chi connectivity index (χ3v) is 2.88. The molecule has 0 bridgehead atoms. The molecule has 18 heavy (non-hydrogen) atoms. The molecule has 0 saturated carbocycles. The van der Waals surface area contributed by atoms with E-state index in [1.165, 1.54) is 0 Å². The molecule has 0 atom stereocenters. The molecule has 0 saturated heterocycles. The molecule has 88 valence electrons. The fourth-order valence-electron chi connectivity index (χ4n) is 2.03. The average molecular weight is 238 g/mol. The number of aromatic amines is 1. The molecule has 0 unspecified atom stereocenters. The summed E-state index contributed by atoms with van der Waals surface area (Å²) in [6.07, 6.45) is 3.53. The van der Waals surface area contributed by atoms with Crippen LogP contribution in [0.1, 0.15) is 10.4 Å². The Bertz CT molecular complexity index is 731. The van der Waals surface area contributed by atoms with Crippen LogP contribution in [0.5, 0.6) is 0 Å². The van der Waals surface area contributed by atoms with Gasteiger partial charge in [0.2, 0.25) is 0 Å². The lowest BCUT2D eigenvalue weighted by Crippen LogP contribution is -1.95. The molecule has 0 spiro atoms. The minimum Gasteiger partial charge on any atom is -0.478 e. The minimum atomic E-state index is -0.920. The lowest BCUT2D eigenvalue weighted by molar-refractivity contribution is 0.0697. The summed E-state index contributed by atoms with van der Waals surface area (Å²) in [6, 6.07) is 10.7. The van der Waals surface area contributed by atoms with Gasteiger partial charge in [0, 0.05) is 17.8 Å². The maximum atomic E-state index is 11.0. The van der Waals surface area contributed by atoms with Crippen molar-refractivity contribution >= 4 is 17.0 Å². The van der Waals surface area contributed by atoms with Crippen molar-refractivity contribution in [3.8, 4) is 11.1 Å². The van der Waals surface area contributed by atoms with Gasteiger partial charge in [0.05, 0.1) is 5.56 Å². The molecule has 4 heteroatoms. The lowest BCUT2D eigenvalue weighted by Gasteiger charge is -2.04. The van der Waals surface area contributed by atoms with E-state index in [1.54, 1.807) is 24.4 Å². The van der Waals surface area contributed by atoms with Gasteiger partial charge in [-0.25, -0.2) is 9.78 Å². The Morgan fingerprint density at radius 1 is 1.22 bits per heavy atom. The fraction of sp³-hybridized carbons (Fsp3) is 0. The number of hydrogen-bond donors (Lipinski definition) is 2. The monoisotopic (exact) mass is 238 g/mol. The molecule has 0 aliphatic heterocycles. The predicted octanol–water partition coefficient (Wildman–Crippen LogP) is 2.93. The van der Waals surface area contributed by atoms with Gasteiger partial charge in [0.1, 0.15) is 5.65 Å². The maximum Gasteiger partial charge on any atom is 0.335 e. The predicted molar refractivity (Wildman–Crippen MR) is 68.5 cm³/mol. The number of aromatic carboxylic acids is 1. The summed E-state index contributed by atoms with van der Waals surface area (Å²) in [4.78, 5) is 18.2. The van der Waals surface area contributed by atoms with Crippen LogP contribution in [0, 0.1) is 0 Å². The second-order valence-electron chi connectivity index (χ2n) is 3.98. The van der Waals surface area contributed by atoms with Gasteiger partial charge in [-0.05, 0) is 35.4 Å².